The molecule has 108 valence electrons. The monoisotopic (exact) mass is 279 g/mol. The van der Waals surface area contributed by atoms with Crippen LogP contribution in [-0.2, 0) is 9.59 Å². The average molecular weight is 279 g/mol. The Balaban J connectivity index is 2.34. The highest BCUT2D eigenvalue weighted by molar-refractivity contribution is 5.93. The zero-order valence-corrected chi connectivity index (χ0v) is 11.1. The molecule has 0 radical (unpaired) electrons. The molecule has 7 heteroatoms. The fourth-order valence-electron chi connectivity index (χ4n) is 1.44. The van der Waals surface area contributed by atoms with E-state index in [2.05, 4.69) is 16.0 Å². The fourth-order valence-corrected chi connectivity index (χ4v) is 1.44. The number of amides is 3. The number of carboxylic acids is 1. The van der Waals surface area contributed by atoms with Gasteiger partial charge in [-0.3, -0.25) is 4.79 Å². The third kappa shape index (κ3) is 5.38. The van der Waals surface area contributed by atoms with Crippen LogP contribution in [0.2, 0.25) is 0 Å². The summed E-state index contributed by atoms with van der Waals surface area (Å²) in [5.41, 5.74) is 0.599. The van der Waals surface area contributed by atoms with E-state index in [9.17, 15) is 14.4 Å². The van der Waals surface area contributed by atoms with Crippen LogP contribution >= 0.6 is 0 Å². The van der Waals surface area contributed by atoms with Gasteiger partial charge < -0.3 is 21.1 Å². The van der Waals surface area contributed by atoms with Crippen molar-refractivity contribution in [2.24, 2.45) is 0 Å². The van der Waals surface area contributed by atoms with Gasteiger partial charge in [0.15, 0.2) is 0 Å². The molecular formula is C13H17N3O4. The zero-order chi connectivity index (χ0) is 15.0. The van der Waals surface area contributed by atoms with Gasteiger partial charge in [0.2, 0.25) is 5.91 Å². The maximum absolute atomic E-state index is 11.5. The van der Waals surface area contributed by atoms with E-state index in [0.717, 1.165) is 0 Å². The summed E-state index contributed by atoms with van der Waals surface area (Å²) in [4.78, 5) is 33.7. The summed E-state index contributed by atoms with van der Waals surface area (Å²) in [6, 6.07) is 7.28. The van der Waals surface area contributed by atoms with Crippen molar-refractivity contribution in [1.29, 1.82) is 0 Å². The van der Waals surface area contributed by atoms with Gasteiger partial charge in [-0.2, -0.15) is 0 Å². The summed E-state index contributed by atoms with van der Waals surface area (Å²) in [6.45, 7) is 1.36. The van der Waals surface area contributed by atoms with Crippen molar-refractivity contribution >= 4 is 23.6 Å². The Morgan fingerprint density at radius 3 is 2.40 bits per heavy atom. The number of carbonyl (C=O) groups excluding carboxylic acids is 2. The molecule has 1 aromatic rings. The number of para-hydroxylation sites is 1. The van der Waals surface area contributed by atoms with Gasteiger partial charge in [-0.15, -0.1) is 0 Å². The van der Waals surface area contributed by atoms with Crippen LogP contribution in [0.4, 0.5) is 10.5 Å². The second-order valence-corrected chi connectivity index (χ2v) is 4.04. The number of nitrogens with one attached hydrogen (secondary N) is 3. The predicted octanol–water partition coefficient (Wildman–Crippen LogP) is 0.787. The maximum atomic E-state index is 11.5. The first kappa shape index (κ1) is 15.5. The van der Waals surface area contributed by atoms with E-state index >= 15 is 0 Å². The molecule has 0 unspecified atom stereocenters. The molecule has 0 aromatic heterocycles. The molecule has 20 heavy (non-hydrogen) atoms. The summed E-state index contributed by atoms with van der Waals surface area (Å²) < 4.78 is 0. The SMILES string of the molecule is CC[C@H](NC(=O)CNC(=O)Nc1ccccc1)C(=O)O. The van der Waals surface area contributed by atoms with Crippen LogP contribution in [0.25, 0.3) is 0 Å². The molecule has 7 nitrogen and oxygen atoms in total. The van der Waals surface area contributed by atoms with Gasteiger partial charge in [0.25, 0.3) is 0 Å². The Morgan fingerprint density at radius 1 is 1.20 bits per heavy atom. The predicted molar refractivity (Wildman–Crippen MR) is 73.3 cm³/mol. The Hall–Kier alpha value is -2.57. The van der Waals surface area contributed by atoms with Crippen molar-refractivity contribution in [1.82, 2.24) is 10.6 Å². The first-order valence-electron chi connectivity index (χ1n) is 6.15. The first-order chi connectivity index (χ1) is 9.52. The highest BCUT2D eigenvalue weighted by Crippen LogP contribution is 2.03. The summed E-state index contributed by atoms with van der Waals surface area (Å²) in [7, 11) is 0. The topological polar surface area (TPSA) is 108 Å². The standard InChI is InChI=1S/C13H17N3O4/c1-2-10(12(18)19)16-11(17)8-14-13(20)15-9-6-4-3-5-7-9/h3-7,10H,2,8H2,1H3,(H,16,17)(H,18,19)(H2,14,15,20)/t10-/m0/s1. The molecule has 1 rings (SSSR count). The third-order valence-electron chi connectivity index (χ3n) is 2.48. The van der Waals surface area contributed by atoms with Crippen molar-refractivity contribution in [3.63, 3.8) is 0 Å². The number of hydrogen-bond acceptors (Lipinski definition) is 3. The molecule has 0 saturated heterocycles. The summed E-state index contributed by atoms with van der Waals surface area (Å²) in [5.74, 6) is -1.66. The van der Waals surface area contributed by atoms with Crippen LogP contribution in [0.3, 0.4) is 0 Å². The number of urea groups is 1. The van der Waals surface area contributed by atoms with Crippen molar-refractivity contribution in [2.75, 3.05) is 11.9 Å². The van der Waals surface area contributed by atoms with Crippen molar-refractivity contribution in [3.8, 4) is 0 Å². The lowest BCUT2D eigenvalue weighted by molar-refractivity contribution is -0.141. The van der Waals surface area contributed by atoms with Gasteiger partial charge in [-0.25, -0.2) is 9.59 Å². The van der Waals surface area contributed by atoms with Crippen LogP contribution in [-0.4, -0.2) is 35.6 Å². The second kappa shape index (κ2) is 7.78. The van der Waals surface area contributed by atoms with Crippen LogP contribution in [0.15, 0.2) is 30.3 Å². The molecule has 0 saturated carbocycles. The normalized spacial score (nSPS) is 11.2. The van der Waals surface area contributed by atoms with Gasteiger partial charge in [0.1, 0.15) is 6.04 Å². The first-order valence-corrected chi connectivity index (χ1v) is 6.15. The third-order valence-corrected chi connectivity index (χ3v) is 2.48. The lowest BCUT2D eigenvalue weighted by atomic mass is 10.2. The van der Waals surface area contributed by atoms with Crippen LogP contribution in [0.1, 0.15) is 13.3 Å². The fraction of sp³-hybridized carbons (Fsp3) is 0.308. The quantitative estimate of drug-likeness (QED) is 0.617. The molecule has 1 aromatic carbocycles. The molecule has 0 bridgehead atoms. The Labute approximate surface area is 116 Å². The molecule has 0 fully saturated rings. The van der Waals surface area contributed by atoms with Gasteiger partial charge in [0.05, 0.1) is 6.54 Å². The highest BCUT2D eigenvalue weighted by atomic mass is 16.4. The highest BCUT2D eigenvalue weighted by Gasteiger charge is 2.17. The van der Waals surface area contributed by atoms with Crippen LogP contribution in [0.5, 0.6) is 0 Å². The second-order valence-electron chi connectivity index (χ2n) is 4.04. The lowest BCUT2D eigenvalue weighted by Crippen LogP contribution is -2.45. The van der Waals surface area contributed by atoms with Gasteiger partial charge >= 0.3 is 12.0 Å². The molecule has 3 amide bonds. The van der Waals surface area contributed by atoms with E-state index < -0.39 is 23.9 Å². The van der Waals surface area contributed by atoms with E-state index in [4.69, 9.17) is 5.11 Å². The molecule has 0 aliphatic carbocycles. The molecule has 0 heterocycles. The van der Waals surface area contributed by atoms with Crippen LogP contribution in [0, 0.1) is 0 Å². The number of carboxylic acid groups (broad SMARTS) is 1. The van der Waals surface area contributed by atoms with E-state index in [1.165, 1.54) is 0 Å². The number of rotatable bonds is 6. The Bertz CT molecular complexity index is 476. The summed E-state index contributed by atoms with van der Waals surface area (Å²) in [6.07, 6.45) is 0.275. The minimum absolute atomic E-state index is 0.275. The summed E-state index contributed by atoms with van der Waals surface area (Å²) >= 11 is 0. The molecule has 4 N–H and O–H groups in total. The average Bonchev–Trinajstić information content (AvgIpc) is 2.43. The van der Waals surface area contributed by atoms with E-state index in [1.54, 1.807) is 31.2 Å². The van der Waals surface area contributed by atoms with Crippen molar-refractivity contribution in [3.05, 3.63) is 30.3 Å². The Morgan fingerprint density at radius 2 is 1.85 bits per heavy atom. The van der Waals surface area contributed by atoms with E-state index in [-0.39, 0.29) is 13.0 Å². The molecular weight excluding hydrogens is 262 g/mol. The number of carbonyl (C=O) groups is 3. The Kier molecular flexibility index (Phi) is 6.02. The van der Waals surface area contributed by atoms with Crippen LogP contribution < -0.4 is 16.0 Å². The van der Waals surface area contributed by atoms with E-state index in [1.807, 2.05) is 6.07 Å². The zero-order valence-electron chi connectivity index (χ0n) is 11.1. The number of benzene rings is 1. The number of hydrogen-bond donors (Lipinski definition) is 4. The smallest absolute Gasteiger partial charge is 0.326 e. The molecule has 1 atom stereocenters. The van der Waals surface area contributed by atoms with E-state index in [0.29, 0.717) is 5.69 Å². The van der Waals surface area contributed by atoms with Gasteiger partial charge in [-0.1, -0.05) is 25.1 Å². The molecule has 0 aliphatic heterocycles. The largest absolute Gasteiger partial charge is 0.480 e. The number of anilines is 1. The summed E-state index contributed by atoms with van der Waals surface area (Å²) in [5, 5.41) is 16.0. The van der Waals surface area contributed by atoms with Gasteiger partial charge in [-0.05, 0) is 18.6 Å². The van der Waals surface area contributed by atoms with Crippen molar-refractivity contribution in [2.45, 2.75) is 19.4 Å². The van der Waals surface area contributed by atoms with Crippen molar-refractivity contribution < 1.29 is 19.5 Å². The molecule has 0 aliphatic rings. The molecule has 0 spiro atoms. The maximum Gasteiger partial charge on any atom is 0.326 e. The van der Waals surface area contributed by atoms with Gasteiger partial charge in [0, 0.05) is 5.69 Å². The lowest BCUT2D eigenvalue weighted by Gasteiger charge is -2.12. The minimum Gasteiger partial charge on any atom is -0.480 e. The minimum atomic E-state index is -1.10. The number of aliphatic carboxylic acids is 1.